The molecule has 4 nitrogen and oxygen atoms in total. The molecule has 0 fully saturated rings. The van der Waals surface area contributed by atoms with E-state index in [9.17, 15) is 4.79 Å². The SMILES string of the molecule is CN(C)c1ccccc1NC(=O)/C=C/c1cccc(N)c1. The predicted octanol–water partition coefficient (Wildman–Crippen LogP) is 2.99. The van der Waals surface area contributed by atoms with Crippen LogP contribution in [0.4, 0.5) is 17.1 Å². The van der Waals surface area contributed by atoms with Crippen molar-refractivity contribution in [1.82, 2.24) is 0 Å². The van der Waals surface area contributed by atoms with Crippen LogP contribution in [0.2, 0.25) is 0 Å². The number of nitrogens with zero attached hydrogens (tertiary/aromatic N) is 1. The second-order valence-electron chi connectivity index (χ2n) is 4.90. The molecule has 1 amide bonds. The Morgan fingerprint density at radius 2 is 1.90 bits per heavy atom. The maximum atomic E-state index is 12.0. The van der Waals surface area contributed by atoms with Crippen molar-refractivity contribution in [2.24, 2.45) is 0 Å². The van der Waals surface area contributed by atoms with Gasteiger partial charge in [-0.3, -0.25) is 4.79 Å². The number of hydrogen-bond donors (Lipinski definition) is 2. The quantitative estimate of drug-likeness (QED) is 0.669. The number of nitrogen functional groups attached to an aromatic ring is 1. The summed E-state index contributed by atoms with van der Waals surface area (Å²) in [7, 11) is 3.88. The van der Waals surface area contributed by atoms with Crippen LogP contribution in [-0.2, 0) is 4.79 Å². The van der Waals surface area contributed by atoms with E-state index in [0.29, 0.717) is 5.69 Å². The van der Waals surface area contributed by atoms with Crippen molar-refractivity contribution in [2.75, 3.05) is 30.0 Å². The van der Waals surface area contributed by atoms with E-state index in [1.807, 2.05) is 67.5 Å². The molecule has 2 rings (SSSR count). The summed E-state index contributed by atoms with van der Waals surface area (Å²) in [5.74, 6) is -0.174. The minimum atomic E-state index is -0.174. The van der Waals surface area contributed by atoms with Gasteiger partial charge in [0.15, 0.2) is 0 Å². The molecule has 0 aliphatic rings. The van der Waals surface area contributed by atoms with E-state index < -0.39 is 0 Å². The second kappa shape index (κ2) is 6.61. The summed E-state index contributed by atoms with van der Waals surface area (Å²) in [5, 5.41) is 2.88. The molecule has 0 spiro atoms. The van der Waals surface area contributed by atoms with E-state index in [1.54, 1.807) is 6.08 Å². The monoisotopic (exact) mass is 281 g/mol. The summed E-state index contributed by atoms with van der Waals surface area (Å²) < 4.78 is 0. The average Bonchev–Trinajstić information content (AvgIpc) is 2.45. The molecule has 0 saturated carbocycles. The van der Waals surface area contributed by atoms with Gasteiger partial charge in [0.25, 0.3) is 0 Å². The Bertz CT molecular complexity index is 663. The highest BCUT2D eigenvalue weighted by atomic mass is 16.1. The molecule has 2 aromatic carbocycles. The van der Waals surface area contributed by atoms with Gasteiger partial charge in [-0.05, 0) is 35.9 Å². The average molecular weight is 281 g/mol. The van der Waals surface area contributed by atoms with E-state index in [4.69, 9.17) is 5.73 Å². The Morgan fingerprint density at radius 1 is 1.14 bits per heavy atom. The van der Waals surface area contributed by atoms with Gasteiger partial charge in [-0.2, -0.15) is 0 Å². The second-order valence-corrected chi connectivity index (χ2v) is 4.90. The summed E-state index contributed by atoms with van der Waals surface area (Å²) in [6, 6.07) is 15.0. The number of hydrogen-bond acceptors (Lipinski definition) is 3. The lowest BCUT2D eigenvalue weighted by molar-refractivity contribution is -0.111. The van der Waals surface area contributed by atoms with Crippen LogP contribution in [-0.4, -0.2) is 20.0 Å². The van der Waals surface area contributed by atoms with Gasteiger partial charge in [-0.25, -0.2) is 0 Å². The van der Waals surface area contributed by atoms with Crippen LogP contribution < -0.4 is 16.0 Å². The highest BCUT2D eigenvalue weighted by molar-refractivity contribution is 6.03. The number of anilines is 3. The third kappa shape index (κ3) is 4.11. The van der Waals surface area contributed by atoms with E-state index in [1.165, 1.54) is 6.08 Å². The molecular weight excluding hydrogens is 262 g/mol. The smallest absolute Gasteiger partial charge is 0.248 e. The fraction of sp³-hybridized carbons (Fsp3) is 0.118. The molecule has 0 unspecified atom stereocenters. The third-order valence-corrected chi connectivity index (χ3v) is 2.98. The van der Waals surface area contributed by atoms with Crippen molar-refractivity contribution >= 4 is 29.0 Å². The number of amides is 1. The normalized spacial score (nSPS) is 10.6. The molecule has 0 saturated heterocycles. The molecule has 108 valence electrons. The Hall–Kier alpha value is -2.75. The van der Waals surface area contributed by atoms with E-state index in [0.717, 1.165) is 16.9 Å². The largest absolute Gasteiger partial charge is 0.399 e. The standard InChI is InChI=1S/C17H19N3O/c1-20(2)16-9-4-3-8-15(16)19-17(21)11-10-13-6-5-7-14(18)12-13/h3-12H,18H2,1-2H3,(H,19,21)/b11-10+. The maximum absolute atomic E-state index is 12.0. The Kier molecular flexibility index (Phi) is 4.61. The molecule has 3 N–H and O–H groups in total. The van der Waals surface area contributed by atoms with Gasteiger partial charge in [0.1, 0.15) is 0 Å². The fourth-order valence-electron chi connectivity index (χ4n) is 1.98. The Morgan fingerprint density at radius 3 is 2.62 bits per heavy atom. The van der Waals surface area contributed by atoms with E-state index in [2.05, 4.69) is 5.32 Å². The summed E-state index contributed by atoms with van der Waals surface area (Å²) in [6.45, 7) is 0. The minimum absolute atomic E-state index is 0.174. The number of rotatable bonds is 4. The third-order valence-electron chi connectivity index (χ3n) is 2.98. The lowest BCUT2D eigenvalue weighted by Crippen LogP contribution is -2.14. The minimum Gasteiger partial charge on any atom is -0.399 e. The van der Waals surface area contributed by atoms with Crippen LogP contribution in [0.1, 0.15) is 5.56 Å². The van der Waals surface area contributed by atoms with Crippen LogP contribution in [0, 0.1) is 0 Å². The number of benzene rings is 2. The molecule has 0 radical (unpaired) electrons. The summed E-state index contributed by atoms with van der Waals surface area (Å²) >= 11 is 0. The molecular formula is C17H19N3O. The zero-order valence-corrected chi connectivity index (χ0v) is 12.2. The molecule has 0 aliphatic heterocycles. The fourth-order valence-corrected chi connectivity index (χ4v) is 1.98. The summed E-state index contributed by atoms with van der Waals surface area (Å²) in [5.41, 5.74) is 9.02. The van der Waals surface area contributed by atoms with Crippen LogP contribution >= 0.6 is 0 Å². The summed E-state index contributed by atoms with van der Waals surface area (Å²) in [6.07, 6.45) is 3.24. The molecule has 0 aliphatic carbocycles. The van der Waals surface area contributed by atoms with Crippen molar-refractivity contribution in [2.45, 2.75) is 0 Å². The van der Waals surface area contributed by atoms with Crippen molar-refractivity contribution in [3.05, 3.63) is 60.2 Å². The first-order valence-electron chi connectivity index (χ1n) is 6.67. The van der Waals surface area contributed by atoms with Gasteiger partial charge in [0, 0.05) is 25.9 Å². The molecule has 2 aromatic rings. The van der Waals surface area contributed by atoms with Crippen LogP contribution in [0.3, 0.4) is 0 Å². The molecule has 0 atom stereocenters. The molecule has 21 heavy (non-hydrogen) atoms. The number of carbonyl (C=O) groups excluding carboxylic acids is 1. The van der Waals surface area contributed by atoms with Gasteiger partial charge in [-0.15, -0.1) is 0 Å². The van der Waals surface area contributed by atoms with E-state index in [-0.39, 0.29) is 5.91 Å². The Labute approximate surface area is 124 Å². The lowest BCUT2D eigenvalue weighted by Gasteiger charge is -2.17. The number of nitrogens with two attached hydrogens (primary N) is 1. The summed E-state index contributed by atoms with van der Waals surface area (Å²) in [4.78, 5) is 14.0. The van der Waals surface area contributed by atoms with Crippen LogP contribution in [0.25, 0.3) is 6.08 Å². The zero-order valence-electron chi connectivity index (χ0n) is 12.2. The highest BCUT2D eigenvalue weighted by Gasteiger charge is 2.05. The van der Waals surface area contributed by atoms with Gasteiger partial charge in [-0.1, -0.05) is 24.3 Å². The van der Waals surface area contributed by atoms with Crippen LogP contribution in [0.15, 0.2) is 54.6 Å². The van der Waals surface area contributed by atoms with Crippen molar-refractivity contribution in [1.29, 1.82) is 0 Å². The predicted molar refractivity (Wildman–Crippen MR) is 89.3 cm³/mol. The van der Waals surface area contributed by atoms with E-state index >= 15 is 0 Å². The highest BCUT2D eigenvalue weighted by Crippen LogP contribution is 2.23. The molecule has 0 heterocycles. The molecule has 0 bridgehead atoms. The van der Waals surface area contributed by atoms with Gasteiger partial charge in [0.05, 0.1) is 11.4 Å². The first-order valence-corrected chi connectivity index (χ1v) is 6.67. The van der Waals surface area contributed by atoms with Crippen molar-refractivity contribution in [3.8, 4) is 0 Å². The zero-order chi connectivity index (χ0) is 15.2. The first kappa shape index (κ1) is 14.7. The Balaban J connectivity index is 2.09. The van der Waals surface area contributed by atoms with Crippen LogP contribution in [0.5, 0.6) is 0 Å². The number of para-hydroxylation sites is 2. The van der Waals surface area contributed by atoms with Gasteiger partial charge in [0.2, 0.25) is 5.91 Å². The lowest BCUT2D eigenvalue weighted by atomic mass is 10.2. The topological polar surface area (TPSA) is 58.4 Å². The molecule has 4 heteroatoms. The van der Waals surface area contributed by atoms with Gasteiger partial charge < -0.3 is 16.0 Å². The van der Waals surface area contributed by atoms with Crippen molar-refractivity contribution < 1.29 is 4.79 Å². The molecule has 0 aromatic heterocycles. The number of nitrogens with one attached hydrogen (secondary N) is 1. The van der Waals surface area contributed by atoms with Gasteiger partial charge >= 0.3 is 0 Å². The number of carbonyl (C=O) groups is 1. The van der Waals surface area contributed by atoms with Crippen molar-refractivity contribution in [3.63, 3.8) is 0 Å². The first-order chi connectivity index (χ1) is 10.1. The maximum Gasteiger partial charge on any atom is 0.248 e.